The Morgan fingerprint density at radius 3 is 2.69 bits per heavy atom. The molecule has 3 heteroatoms. The Morgan fingerprint density at radius 1 is 1.25 bits per heavy atom. The number of anilines is 2. The zero-order valence-electron chi connectivity index (χ0n) is 10.2. The molecule has 0 atom stereocenters. The molecule has 0 spiro atoms. The van der Waals surface area contributed by atoms with Crippen molar-refractivity contribution in [3.8, 4) is 0 Å². The summed E-state index contributed by atoms with van der Waals surface area (Å²) in [5.41, 5.74) is 9.10. The smallest absolute Gasteiger partial charge is 0.0599 e. The molecule has 0 aliphatic carbocycles. The Balaban J connectivity index is 2.51. The van der Waals surface area contributed by atoms with Crippen molar-refractivity contribution in [3.05, 3.63) is 23.8 Å². The van der Waals surface area contributed by atoms with Gasteiger partial charge in [0.05, 0.1) is 11.4 Å². The highest BCUT2D eigenvalue weighted by Crippen LogP contribution is 2.23. The van der Waals surface area contributed by atoms with Crippen LogP contribution < -0.4 is 10.6 Å². The molecule has 0 unspecified atom stereocenters. The Kier molecular flexibility index (Phi) is 5.12. The minimum absolute atomic E-state index is 0.288. The maximum absolute atomic E-state index is 8.70. The van der Waals surface area contributed by atoms with E-state index in [0.29, 0.717) is 0 Å². The van der Waals surface area contributed by atoms with Gasteiger partial charge in [0, 0.05) is 20.2 Å². The average molecular weight is 222 g/mol. The molecule has 0 saturated heterocycles. The molecule has 0 saturated carbocycles. The molecule has 0 bridgehead atoms. The molecule has 1 aromatic carbocycles. The summed E-state index contributed by atoms with van der Waals surface area (Å²) in [4.78, 5) is 2.18. The number of nitrogens with zero attached hydrogens (tertiary/aromatic N) is 1. The van der Waals surface area contributed by atoms with Gasteiger partial charge in [-0.15, -0.1) is 0 Å². The van der Waals surface area contributed by atoms with E-state index in [9.17, 15) is 0 Å². The number of nitrogens with two attached hydrogens (primary N) is 1. The molecule has 3 nitrogen and oxygen atoms in total. The summed E-state index contributed by atoms with van der Waals surface area (Å²) in [5, 5.41) is 8.70. The standard InChI is InChI=1S/C13H22N2O/c1-11-6-7-12(14)13(10-11)15(2)8-4-3-5-9-16/h6-7,10,16H,3-5,8-9,14H2,1-2H3. The summed E-state index contributed by atoms with van der Waals surface area (Å²) < 4.78 is 0. The van der Waals surface area contributed by atoms with Gasteiger partial charge in [0.15, 0.2) is 0 Å². The average Bonchev–Trinajstić information content (AvgIpc) is 2.27. The van der Waals surface area contributed by atoms with Gasteiger partial charge in [-0.2, -0.15) is 0 Å². The van der Waals surface area contributed by atoms with Crippen molar-refractivity contribution < 1.29 is 5.11 Å². The van der Waals surface area contributed by atoms with Gasteiger partial charge in [0.1, 0.15) is 0 Å². The van der Waals surface area contributed by atoms with Crippen molar-refractivity contribution >= 4 is 11.4 Å². The highest BCUT2D eigenvalue weighted by molar-refractivity contribution is 5.68. The van der Waals surface area contributed by atoms with Crippen molar-refractivity contribution in [1.82, 2.24) is 0 Å². The van der Waals surface area contributed by atoms with Crippen LogP contribution in [0.4, 0.5) is 11.4 Å². The van der Waals surface area contributed by atoms with Gasteiger partial charge in [-0.25, -0.2) is 0 Å². The van der Waals surface area contributed by atoms with Crippen LogP contribution in [0.2, 0.25) is 0 Å². The summed E-state index contributed by atoms with van der Waals surface area (Å²) in [5.74, 6) is 0. The first-order valence-electron chi connectivity index (χ1n) is 5.83. The van der Waals surface area contributed by atoms with Gasteiger partial charge in [-0.1, -0.05) is 6.07 Å². The number of benzene rings is 1. The molecule has 0 aliphatic heterocycles. The van der Waals surface area contributed by atoms with E-state index in [0.717, 1.165) is 37.2 Å². The van der Waals surface area contributed by atoms with Gasteiger partial charge in [-0.3, -0.25) is 0 Å². The molecule has 0 aliphatic rings. The second-order valence-corrected chi connectivity index (χ2v) is 4.27. The van der Waals surface area contributed by atoms with E-state index in [4.69, 9.17) is 10.8 Å². The molecule has 3 N–H and O–H groups in total. The normalized spacial score (nSPS) is 10.4. The SMILES string of the molecule is Cc1ccc(N)c(N(C)CCCCCO)c1. The summed E-state index contributed by atoms with van der Waals surface area (Å²) in [7, 11) is 2.06. The summed E-state index contributed by atoms with van der Waals surface area (Å²) in [6, 6.07) is 6.09. The van der Waals surface area contributed by atoms with E-state index in [1.165, 1.54) is 5.56 Å². The minimum atomic E-state index is 0.288. The monoisotopic (exact) mass is 222 g/mol. The molecule has 0 amide bonds. The lowest BCUT2D eigenvalue weighted by Crippen LogP contribution is -2.19. The Bertz CT molecular complexity index is 326. The highest BCUT2D eigenvalue weighted by atomic mass is 16.2. The van der Waals surface area contributed by atoms with E-state index in [2.05, 4.69) is 24.9 Å². The maximum atomic E-state index is 8.70. The second kappa shape index (κ2) is 6.38. The summed E-state index contributed by atoms with van der Waals surface area (Å²) in [6.45, 7) is 3.34. The molecule has 1 aromatic rings. The van der Waals surface area contributed by atoms with Crippen LogP contribution in [-0.4, -0.2) is 25.3 Å². The van der Waals surface area contributed by atoms with Crippen LogP contribution in [0, 0.1) is 6.92 Å². The zero-order chi connectivity index (χ0) is 12.0. The molecule has 1 rings (SSSR count). The summed E-state index contributed by atoms with van der Waals surface area (Å²) in [6.07, 6.45) is 3.04. The van der Waals surface area contributed by atoms with E-state index in [1.807, 2.05) is 12.1 Å². The molecule has 0 aromatic heterocycles. The lowest BCUT2D eigenvalue weighted by molar-refractivity contribution is 0.283. The third kappa shape index (κ3) is 3.74. The number of rotatable bonds is 6. The fraction of sp³-hybridized carbons (Fsp3) is 0.538. The molecular weight excluding hydrogens is 200 g/mol. The van der Waals surface area contributed by atoms with Gasteiger partial charge >= 0.3 is 0 Å². The van der Waals surface area contributed by atoms with Crippen molar-refractivity contribution in [2.24, 2.45) is 0 Å². The quantitative estimate of drug-likeness (QED) is 0.573. The van der Waals surface area contributed by atoms with Crippen LogP contribution >= 0.6 is 0 Å². The molecule has 0 fully saturated rings. The summed E-state index contributed by atoms with van der Waals surface area (Å²) >= 11 is 0. The van der Waals surface area contributed by atoms with Gasteiger partial charge in [0.2, 0.25) is 0 Å². The molecular formula is C13H22N2O. The predicted octanol–water partition coefficient (Wildman–Crippen LogP) is 2.18. The van der Waals surface area contributed by atoms with E-state index in [1.54, 1.807) is 0 Å². The van der Waals surface area contributed by atoms with Crippen LogP contribution in [-0.2, 0) is 0 Å². The fourth-order valence-electron chi connectivity index (χ4n) is 1.74. The number of hydrogen-bond acceptors (Lipinski definition) is 3. The maximum Gasteiger partial charge on any atom is 0.0599 e. The van der Waals surface area contributed by atoms with Crippen LogP contribution in [0.3, 0.4) is 0 Å². The molecule has 90 valence electrons. The zero-order valence-corrected chi connectivity index (χ0v) is 10.2. The first-order valence-corrected chi connectivity index (χ1v) is 5.83. The van der Waals surface area contributed by atoms with E-state index in [-0.39, 0.29) is 6.61 Å². The minimum Gasteiger partial charge on any atom is -0.397 e. The van der Waals surface area contributed by atoms with Gasteiger partial charge < -0.3 is 15.7 Å². The first-order chi connectivity index (χ1) is 7.65. The Labute approximate surface area is 97.9 Å². The lowest BCUT2D eigenvalue weighted by Gasteiger charge is -2.21. The second-order valence-electron chi connectivity index (χ2n) is 4.27. The van der Waals surface area contributed by atoms with E-state index >= 15 is 0 Å². The van der Waals surface area contributed by atoms with Crippen LogP contribution in [0.25, 0.3) is 0 Å². The third-order valence-corrected chi connectivity index (χ3v) is 2.75. The number of aryl methyl sites for hydroxylation is 1. The molecule has 0 radical (unpaired) electrons. The van der Waals surface area contributed by atoms with Gasteiger partial charge in [-0.05, 0) is 43.9 Å². The number of aliphatic hydroxyl groups excluding tert-OH is 1. The fourth-order valence-corrected chi connectivity index (χ4v) is 1.74. The number of nitrogen functional groups attached to an aromatic ring is 1. The van der Waals surface area contributed by atoms with Crippen LogP contribution in [0.1, 0.15) is 24.8 Å². The number of hydrogen-bond donors (Lipinski definition) is 2. The first kappa shape index (κ1) is 12.8. The van der Waals surface area contributed by atoms with Crippen LogP contribution in [0.5, 0.6) is 0 Å². The molecule has 16 heavy (non-hydrogen) atoms. The largest absolute Gasteiger partial charge is 0.397 e. The Morgan fingerprint density at radius 2 is 2.00 bits per heavy atom. The van der Waals surface area contributed by atoms with E-state index < -0.39 is 0 Å². The predicted molar refractivity (Wildman–Crippen MR) is 69.8 cm³/mol. The van der Waals surface area contributed by atoms with Crippen molar-refractivity contribution in [3.63, 3.8) is 0 Å². The highest BCUT2D eigenvalue weighted by Gasteiger charge is 2.04. The molecule has 0 heterocycles. The number of aliphatic hydroxyl groups is 1. The topological polar surface area (TPSA) is 49.5 Å². The van der Waals surface area contributed by atoms with Crippen molar-refractivity contribution in [1.29, 1.82) is 0 Å². The van der Waals surface area contributed by atoms with Crippen LogP contribution in [0.15, 0.2) is 18.2 Å². The van der Waals surface area contributed by atoms with Crippen molar-refractivity contribution in [2.75, 3.05) is 30.8 Å². The van der Waals surface area contributed by atoms with Crippen molar-refractivity contribution in [2.45, 2.75) is 26.2 Å². The number of unbranched alkanes of at least 4 members (excludes halogenated alkanes) is 2. The Hall–Kier alpha value is -1.22. The lowest BCUT2D eigenvalue weighted by atomic mass is 10.1. The third-order valence-electron chi connectivity index (χ3n) is 2.75. The van der Waals surface area contributed by atoms with Gasteiger partial charge in [0.25, 0.3) is 0 Å².